The summed E-state index contributed by atoms with van der Waals surface area (Å²) < 4.78 is 5.17. The summed E-state index contributed by atoms with van der Waals surface area (Å²) in [4.78, 5) is 0. The van der Waals surface area contributed by atoms with Crippen molar-refractivity contribution in [3.8, 4) is 11.8 Å². The first-order valence-corrected chi connectivity index (χ1v) is 5.90. The van der Waals surface area contributed by atoms with Crippen LogP contribution in [-0.4, -0.2) is 7.11 Å². The van der Waals surface area contributed by atoms with Gasteiger partial charge in [-0.15, -0.1) is 0 Å². The van der Waals surface area contributed by atoms with E-state index >= 15 is 0 Å². The first-order valence-electron chi connectivity index (χ1n) is 5.90. The molecular weight excluding hydrogens is 238 g/mol. The molecule has 0 aliphatic carbocycles. The number of anilines is 3. The molecule has 0 atom stereocenters. The summed E-state index contributed by atoms with van der Waals surface area (Å²) in [6, 6.07) is 15.4. The Bertz CT molecular complexity index is 600. The van der Waals surface area contributed by atoms with Crippen LogP contribution in [0, 0.1) is 11.3 Å². The smallest absolute Gasteiger partial charge is 0.143 e. The molecular formula is C15H15N3O. The molecule has 96 valence electrons. The fourth-order valence-electron chi connectivity index (χ4n) is 1.78. The number of benzene rings is 2. The molecule has 0 heterocycles. The van der Waals surface area contributed by atoms with Crippen LogP contribution in [0.25, 0.3) is 0 Å². The van der Waals surface area contributed by atoms with E-state index in [9.17, 15) is 0 Å². The molecule has 2 aromatic rings. The Kier molecular flexibility index (Phi) is 3.89. The number of nitrogens with two attached hydrogens (primary N) is 1. The van der Waals surface area contributed by atoms with Gasteiger partial charge in [-0.3, -0.25) is 0 Å². The Morgan fingerprint density at radius 2 is 1.95 bits per heavy atom. The van der Waals surface area contributed by atoms with E-state index in [0.29, 0.717) is 17.9 Å². The Hall–Kier alpha value is -2.67. The van der Waals surface area contributed by atoms with Crippen molar-refractivity contribution in [1.29, 1.82) is 5.26 Å². The summed E-state index contributed by atoms with van der Waals surface area (Å²) in [5.74, 6) is 0.645. The van der Waals surface area contributed by atoms with Crippen LogP contribution in [0.4, 0.5) is 17.1 Å². The number of para-hydroxylation sites is 1. The average molecular weight is 253 g/mol. The summed E-state index contributed by atoms with van der Waals surface area (Å²) >= 11 is 0. The van der Waals surface area contributed by atoms with Crippen LogP contribution >= 0.6 is 0 Å². The van der Waals surface area contributed by atoms with Crippen LogP contribution in [0.1, 0.15) is 5.56 Å². The van der Waals surface area contributed by atoms with Gasteiger partial charge in [-0.1, -0.05) is 18.2 Å². The predicted octanol–water partition coefficient (Wildman–Crippen LogP) is 3.09. The Labute approximate surface area is 112 Å². The molecule has 2 aromatic carbocycles. The maximum absolute atomic E-state index is 8.62. The van der Waals surface area contributed by atoms with Gasteiger partial charge in [-0.25, -0.2) is 0 Å². The highest BCUT2D eigenvalue weighted by atomic mass is 16.5. The summed E-state index contributed by atoms with van der Waals surface area (Å²) in [6.07, 6.45) is 0.418. The molecule has 0 saturated carbocycles. The molecule has 0 bridgehead atoms. The van der Waals surface area contributed by atoms with Gasteiger partial charge >= 0.3 is 0 Å². The minimum Gasteiger partial charge on any atom is -0.495 e. The molecule has 0 saturated heterocycles. The molecule has 0 aromatic heterocycles. The maximum atomic E-state index is 8.62. The molecule has 4 heteroatoms. The maximum Gasteiger partial charge on any atom is 0.143 e. The fraction of sp³-hybridized carbons (Fsp3) is 0.133. The van der Waals surface area contributed by atoms with Crippen LogP contribution in [0.3, 0.4) is 0 Å². The average Bonchev–Trinajstić information content (AvgIpc) is 2.43. The third kappa shape index (κ3) is 2.96. The summed E-state index contributed by atoms with van der Waals surface area (Å²) in [6.45, 7) is 0. The van der Waals surface area contributed by atoms with Crippen molar-refractivity contribution in [2.45, 2.75) is 6.42 Å². The van der Waals surface area contributed by atoms with Gasteiger partial charge in [-0.2, -0.15) is 5.26 Å². The number of hydrogen-bond acceptors (Lipinski definition) is 4. The van der Waals surface area contributed by atoms with Crippen molar-refractivity contribution in [2.75, 3.05) is 18.2 Å². The molecule has 0 amide bonds. The largest absolute Gasteiger partial charge is 0.495 e. The molecule has 2 rings (SSSR count). The predicted molar refractivity (Wildman–Crippen MR) is 76.4 cm³/mol. The minimum absolute atomic E-state index is 0.418. The van der Waals surface area contributed by atoms with Crippen LogP contribution < -0.4 is 15.8 Å². The molecule has 19 heavy (non-hydrogen) atoms. The van der Waals surface area contributed by atoms with Gasteiger partial charge in [0, 0.05) is 5.69 Å². The zero-order valence-electron chi connectivity index (χ0n) is 10.7. The standard InChI is InChI=1S/C15H15N3O/c1-19-14-4-2-3-13(15(14)17)18-12-7-5-11(6-8-12)9-10-16/h2-8,18H,9,17H2,1H3. The lowest BCUT2D eigenvalue weighted by Crippen LogP contribution is -1.99. The second kappa shape index (κ2) is 5.78. The van der Waals surface area contributed by atoms with E-state index in [0.717, 1.165) is 16.9 Å². The van der Waals surface area contributed by atoms with Gasteiger partial charge in [0.1, 0.15) is 5.75 Å². The van der Waals surface area contributed by atoms with E-state index in [1.165, 1.54) is 0 Å². The van der Waals surface area contributed by atoms with Crippen molar-refractivity contribution in [3.63, 3.8) is 0 Å². The summed E-state index contributed by atoms with van der Waals surface area (Å²) in [5, 5.41) is 11.9. The normalized spacial score (nSPS) is 9.68. The van der Waals surface area contributed by atoms with Crippen LogP contribution in [0.15, 0.2) is 42.5 Å². The highest BCUT2D eigenvalue weighted by molar-refractivity contribution is 5.77. The number of nitrogen functional groups attached to an aromatic ring is 1. The minimum atomic E-state index is 0.418. The highest BCUT2D eigenvalue weighted by Crippen LogP contribution is 2.31. The number of nitrogens with one attached hydrogen (secondary N) is 1. The quantitative estimate of drug-likeness (QED) is 0.821. The number of nitriles is 1. The summed E-state index contributed by atoms with van der Waals surface area (Å²) in [5.41, 5.74) is 9.27. The molecule has 0 spiro atoms. The number of hydrogen-bond donors (Lipinski definition) is 2. The van der Waals surface area contributed by atoms with Crippen LogP contribution in [-0.2, 0) is 6.42 Å². The molecule has 0 aliphatic rings. The zero-order chi connectivity index (χ0) is 13.7. The van der Waals surface area contributed by atoms with Crippen LogP contribution in [0.5, 0.6) is 5.75 Å². The van der Waals surface area contributed by atoms with Gasteiger partial charge in [0.2, 0.25) is 0 Å². The first-order chi connectivity index (χ1) is 9.24. The fourth-order valence-corrected chi connectivity index (χ4v) is 1.78. The zero-order valence-corrected chi connectivity index (χ0v) is 10.7. The topological polar surface area (TPSA) is 71.1 Å². The lowest BCUT2D eigenvalue weighted by molar-refractivity contribution is 0.417. The van der Waals surface area contributed by atoms with Gasteiger partial charge < -0.3 is 15.8 Å². The van der Waals surface area contributed by atoms with Gasteiger partial charge in [-0.05, 0) is 29.8 Å². The van der Waals surface area contributed by atoms with Crippen molar-refractivity contribution in [3.05, 3.63) is 48.0 Å². The second-order valence-corrected chi connectivity index (χ2v) is 4.08. The lowest BCUT2D eigenvalue weighted by atomic mass is 10.1. The molecule has 0 unspecified atom stereocenters. The first kappa shape index (κ1) is 12.8. The van der Waals surface area contributed by atoms with Gasteiger partial charge in [0.15, 0.2) is 0 Å². The van der Waals surface area contributed by atoms with E-state index in [2.05, 4.69) is 11.4 Å². The van der Waals surface area contributed by atoms with Gasteiger partial charge in [0.05, 0.1) is 31.0 Å². The second-order valence-electron chi connectivity index (χ2n) is 4.08. The number of rotatable bonds is 4. The SMILES string of the molecule is COc1cccc(Nc2ccc(CC#N)cc2)c1N. The molecule has 4 nitrogen and oxygen atoms in total. The summed E-state index contributed by atoms with van der Waals surface area (Å²) in [7, 11) is 1.59. The lowest BCUT2D eigenvalue weighted by Gasteiger charge is -2.12. The van der Waals surface area contributed by atoms with E-state index in [-0.39, 0.29) is 0 Å². The monoisotopic (exact) mass is 253 g/mol. The highest BCUT2D eigenvalue weighted by Gasteiger charge is 2.05. The van der Waals surface area contributed by atoms with Gasteiger partial charge in [0.25, 0.3) is 0 Å². The molecule has 0 aliphatic heterocycles. The van der Waals surface area contributed by atoms with E-state index < -0.39 is 0 Å². The third-order valence-corrected chi connectivity index (χ3v) is 2.80. The Morgan fingerprint density at radius 3 is 2.58 bits per heavy atom. The molecule has 3 N–H and O–H groups in total. The van der Waals surface area contributed by atoms with Crippen LogP contribution in [0.2, 0.25) is 0 Å². The number of methoxy groups -OCH3 is 1. The number of ether oxygens (including phenoxy) is 1. The molecule has 0 radical (unpaired) electrons. The van der Waals surface area contributed by atoms with E-state index in [1.807, 2.05) is 42.5 Å². The van der Waals surface area contributed by atoms with Crippen molar-refractivity contribution < 1.29 is 4.74 Å². The van der Waals surface area contributed by atoms with E-state index in [4.69, 9.17) is 15.7 Å². The van der Waals surface area contributed by atoms with Crippen molar-refractivity contribution in [1.82, 2.24) is 0 Å². The Morgan fingerprint density at radius 1 is 1.21 bits per heavy atom. The molecule has 0 fully saturated rings. The van der Waals surface area contributed by atoms with Crippen molar-refractivity contribution in [2.24, 2.45) is 0 Å². The number of nitrogens with zero attached hydrogens (tertiary/aromatic N) is 1. The Balaban J connectivity index is 2.19. The third-order valence-electron chi connectivity index (χ3n) is 2.80. The van der Waals surface area contributed by atoms with Crippen molar-refractivity contribution >= 4 is 17.1 Å². The van der Waals surface area contributed by atoms with E-state index in [1.54, 1.807) is 7.11 Å².